The van der Waals surface area contributed by atoms with E-state index in [0.29, 0.717) is 0 Å². The SMILES string of the molecule is Nc1c(CO)sc2ccccc12. The summed E-state index contributed by atoms with van der Waals surface area (Å²) in [5.74, 6) is 0. The van der Waals surface area contributed by atoms with Crippen LogP contribution < -0.4 is 5.73 Å². The lowest BCUT2D eigenvalue weighted by atomic mass is 10.2. The van der Waals surface area contributed by atoms with Crippen molar-refractivity contribution >= 4 is 27.1 Å². The molecule has 62 valence electrons. The van der Waals surface area contributed by atoms with E-state index in [1.165, 1.54) is 0 Å². The number of nitrogens with two attached hydrogens (primary N) is 1. The molecule has 0 aliphatic carbocycles. The third-order valence-corrected chi connectivity index (χ3v) is 3.03. The van der Waals surface area contributed by atoms with Crippen LogP contribution in [0.1, 0.15) is 4.88 Å². The zero-order valence-corrected chi connectivity index (χ0v) is 7.27. The lowest BCUT2D eigenvalue weighted by Crippen LogP contribution is -1.87. The Morgan fingerprint density at radius 1 is 1.33 bits per heavy atom. The van der Waals surface area contributed by atoms with Crippen LogP contribution in [-0.4, -0.2) is 5.11 Å². The highest BCUT2D eigenvalue weighted by Crippen LogP contribution is 2.32. The van der Waals surface area contributed by atoms with Crippen molar-refractivity contribution in [1.29, 1.82) is 0 Å². The number of nitrogen functional groups attached to an aromatic ring is 1. The molecular weight excluding hydrogens is 170 g/mol. The van der Waals surface area contributed by atoms with Crippen molar-refractivity contribution in [2.45, 2.75) is 6.61 Å². The molecule has 0 aliphatic rings. The zero-order chi connectivity index (χ0) is 8.55. The summed E-state index contributed by atoms with van der Waals surface area (Å²) in [4.78, 5) is 0.858. The van der Waals surface area contributed by atoms with E-state index in [-0.39, 0.29) is 6.61 Å². The molecule has 0 bridgehead atoms. The summed E-state index contributed by atoms with van der Waals surface area (Å²) in [6, 6.07) is 7.90. The molecule has 0 amide bonds. The van der Waals surface area contributed by atoms with E-state index < -0.39 is 0 Å². The molecule has 12 heavy (non-hydrogen) atoms. The van der Waals surface area contributed by atoms with Crippen LogP contribution in [0.4, 0.5) is 5.69 Å². The molecule has 0 saturated heterocycles. The number of anilines is 1. The normalized spacial score (nSPS) is 10.8. The summed E-state index contributed by atoms with van der Waals surface area (Å²) in [7, 11) is 0. The highest BCUT2D eigenvalue weighted by atomic mass is 32.1. The van der Waals surface area contributed by atoms with Crippen LogP contribution in [0.25, 0.3) is 10.1 Å². The summed E-state index contributed by atoms with van der Waals surface area (Å²) >= 11 is 1.55. The van der Waals surface area contributed by atoms with Crippen molar-refractivity contribution in [1.82, 2.24) is 0 Å². The molecule has 1 heterocycles. The van der Waals surface area contributed by atoms with Gasteiger partial charge in [-0.05, 0) is 6.07 Å². The van der Waals surface area contributed by atoms with Crippen molar-refractivity contribution in [2.24, 2.45) is 0 Å². The van der Waals surface area contributed by atoms with Crippen LogP contribution in [0.15, 0.2) is 24.3 Å². The number of rotatable bonds is 1. The fourth-order valence-corrected chi connectivity index (χ4v) is 2.22. The van der Waals surface area contributed by atoms with E-state index in [0.717, 1.165) is 20.7 Å². The Morgan fingerprint density at radius 2 is 2.08 bits per heavy atom. The van der Waals surface area contributed by atoms with Crippen molar-refractivity contribution < 1.29 is 5.11 Å². The first-order valence-corrected chi connectivity index (χ1v) is 4.51. The number of hydrogen-bond acceptors (Lipinski definition) is 3. The van der Waals surface area contributed by atoms with E-state index in [1.807, 2.05) is 24.3 Å². The van der Waals surface area contributed by atoms with Gasteiger partial charge in [-0.25, -0.2) is 0 Å². The van der Waals surface area contributed by atoms with E-state index in [2.05, 4.69) is 0 Å². The summed E-state index contributed by atoms with van der Waals surface area (Å²) in [6.07, 6.45) is 0. The summed E-state index contributed by atoms with van der Waals surface area (Å²) in [5, 5.41) is 10.00. The Labute approximate surface area is 74.3 Å². The maximum atomic E-state index is 8.95. The van der Waals surface area contributed by atoms with Crippen molar-refractivity contribution in [3.05, 3.63) is 29.1 Å². The van der Waals surface area contributed by atoms with E-state index in [4.69, 9.17) is 10.8 Å². The third-order valence-electron chi connectivity index (χ3n) is 1.85. The Bertz CT molecular complexity index is 408. The average Bonchev–Trinajstić information content (AvgIpc) is 2.44. The highest BCUT2D eigenvalue weighted by molar-refractivity contribution is 7.19. The molecular formula is C9H9NOS. The minimum Gasteiger partial charge on any atom is -0.397 e. The summed E-state index contributed by atoms with van der Waals surface area (Å²) < 4.78 is 1.14. The summed E-state index contributed by atoms with van der Waals surface area (Å²) in [6.45, 7) is 0.0329. The molecule has 0 atom stereocenters. The van der Waals surface area contributed by atoms with Crippen LogP contribution >= 0.6 is 11.3 Å². The van der Waals surface area contributed by atoms with Gasteiger partial charge in [0, 0.05) is 10.1 Å². The molecule has 2 aromatic rings. The van der Waals surface area contributed by atoms with Gasteiger partial charge in [-0.15, -0.1) is 11.3 Å². The predicted octanol–water partition coefficient (Wildman–Crippen LogP) is 1.98. The number of thiophene rings is 1. The minimum absolute atomic E-state index is 0.0329. The van der Waals surface area contributed by atoms with Crippen LogP contribution in [0.2, 0.25) is 0 Å². The fraction of sp³-hybridized carbons (Fsp3) is 0.111. The maximum absolute atomic E-state index is 8.95. The number of benzene rings is 1. The van der Waals surface area contributed by atoms with E-state index >= 15 is 0 Å². The quantitative estimate of drug-likeness (QED) is 0.703. The van der Waals surface area contributed by atoms with Crippen LogP contribution in [0.5, 0.6) is 0 Å². The Kier molecular flexibility index (Phi) is 1.75. The molecule has 1 aromatic heterocycles. The largest absolute Gasteiger partial charge is 0.397 e. The molecule has 0 aliphatic heterocycles. The molecule has 1 aromatic carbocycles. The molecule has 3 heteroatoms. The van der Waals surface area contributed by atoms with E-state index in [9.17, 15) is 0 Å². The summed E-state index contributed by atoms with van der Waals surface area (Å²) in [5.41, 5.74) is 6.52. The first-order chi connectivity index (χ1) is 5.83. The number of fused-ring (bicyclic) bond motifs is 1. The minimum atomic E-state index is 0.0329. The molecule has 2 nitrogen and oxygen atoms in total. The molecule has 0 fully saturated rings. The van der Waals surface area contributed by atoms with Crippen LogP contribution in [0.3, 0.4) is 0 Å². The van der Waals surface area contributed by atoms with Crippen molar-refractivity contribution in [3.63, 3.8) is 0 Å². The second kappa shape index (κ2) is 2.77. The zero-order valence-electron chi connectivity index (χ0n) is 6.45. The molecule has 0 saturated carbocycles. The van der Waals surface area contributed by atoms with Crippen LogP contribution in [-0.2, 0) is 6.61 Å². The molecule has 2 rings (SSSR count). The van der Waals surface area contributed by atoms with Gasteiger partial charge in [0.05, 0.1) is 17.2 Å². The van der Waals surface area contributed by atoms with Crippen LogP contribution in [0, 0.1) is 0 Å². The van der Waals surface area contributed by atoms with Crippen molar-refractivity contribution in [2.75, 3.05) is 5.73 Å². The van der Waals surface area contributed by atoms with Gasteiger partial charge < -0.3 is 10.8 Å². The Hall–Kier alpha value is -1.06. The molecule has 3 N–H and O–H groups in total. The number of hydrogen-bond donors (Lipinski definition) is 2. The fourth-order valence-electron chi connectivity index (χ4n) is 1.23. The Morgan fingerprint density at radius 3 is 2.75 bits per heavy atom. The van der Waals surface area contributed by atoms with Gasteiger partial charge in [-0.1, -0.05) is 18.2 Å². The van der Waals surface area contributed by atoms with Gasteiger partial charge in [-0.2, -0.15) is 0 Å². The number of aliphatic hydroxyl groups is 1. The van der Waals surface area contributed by atoms with Gasteiger partial charge in [0.25, 0.3) is 0 Å². The standard InChI is InChI=1S/C9H9NOS/c10-9-6-3-1-2-4-7(6)12-8(9)5-11/h1-4,11H,5,10H2. The highest BCUT2D eigenvalue weighted by Gasteiger charge is 2.06. The lowest BCUT2D eigenvalue weighted by Gasteiger charge is -1.91. The number of aliphatic hydroxyl groups excluding tert-OH is 1. The van der Waals surface area contributed by atoms with Gasteiger partial charge in [0.2, 0.25) is 0 Å². The van der Waals surface area contributed by atoms with Gasteiger partial charge >= 0.3 is 0 Å². The molecule has 0 spiro atoms. The monoisotopic (exact) mass is 179 g/mol. The topological polar surface area (TPSA) is 46.2 Å². The van der Waals surface area contributed by atoms with E-state index in [1.54, 1.807) is 11.3 Å². The van der Waals surface area contributed by atoms with Gasteiger partial charge in [-0.3, -0.25) is 0 Å². The third kappa shape index (κ3) is 0.983. The second-order valence-corrected chi connectivity index (χ2v) is 3.73. The predicted molar refractivity (Wildman–Crippen MR) is 52.2 cm³/mol. The van der Waals surface area contributed by atoms with Gasteiger partial charge in [0.15, 0.2) is 0 Å². The first-order valence-electron chi connectivity index (χ1n) is 3.69. The first kappa shape index (κ1) is 7.58. The second-order valence-electron chi connectivity index (χ2n) is 2.59. The molecule has 0 radical (unpaired) electrons. The van der Waals surface area contributed by atoms with Gasteiger partial charge in [0.1, 0.15) is 0 Å². The average molecular weight is 179 g/mol. The lowest BCUT2D eigenvalue weighted by molar-refractivity contribution is 0.286. The smallest absolute Gasteiger partial charge is 0.0795 e. The molecule has 0 unspecified atom stereocenters. The van der Waals surface area contributed by atoms with Crippen molar-refractivity contribution in [3.8, 4) is 0 Å². The maximum Gasteiger partial charge on any atom is 0.0795 e. The Balaban J connectivity index is 2.78.